The first-order chi connectivity index (χ1) is 16.9. The van der Waals surface area contributed by atoms with Gasteiger partial charge in [-0.1, -0.05) is 12.5 Å². The number of carbonyl (C=O) groups is 1. The predicted molar refractivity (Wildman–Crippen MR) is 125 cm³/mol. The monoisotopic (exact) mass is 488 g/mol. The summed E-state index contributed by atoms with van der Waals surface area (Å²) in [5.74, 6) is 0.185. The van der Waals surface area contributed by atoms with E-state index >= 15 is 0 Å². The summed E-state index contributed by atoms with van der Waals surface area (Å²) < 4.78 is 38.3. The molecule has 0 bridgehead atoms. The maximum absolute atomic E-state index is 13.0. The molecule has 2 aliphatic heterocycles. The van der Waals surface area contributed by atoms with Gasteiger partial charge in [0, 0.05) is 37.1 Å². The molecular formula is C25H31F3N6O. The van der Waals surface area contributed by atoms with E-state index in [1.165, 1.54) is 36.5 Å². The molecule has 1 amide bonds. The van der Waals surface area contributed by atoms with Gasteiger partial charge in [0.1, 0.15) is 11.9 Å². The number of fused-ring (bicyclic) bond motifs is 1. The normalized spacial score (nSPS) is 27.4. The van der Waals surface area contributed by atoms with Gasteiger partial charge in [0.15, 0.2) is 0 Å². The number of nitrogens with zero attached hydrogens (tertiary/aromatic N) is 3. The molecule has 3 fully saturated rings. The molecule has 2 aromatic rings. The smallest absolute Gasteiger partial charge is 0.309 e. The Morgan fingerprint density at radius 1 is 1.09 bits per heavy atom. The summed E-state index contributed by atoms with van der Waals surface area (Å²) in [5.41, 5.74) is 7.94. The molecular weight excluding hydrogens is 457 g/mol. The number of anilines is 1. The fraction of sp³-hybridized carbons (Fsp3) is 0.560. The highest BCUT2D eigenvalue weighted by Gasteiger charge is 2.44. The van der Waals surface area contributed by atoms with Crippen LogP contribution in [-0.4, -0.2) is 45.9 Å². The first kappa shape index (κ1) is 24.1. The van der Waals surface area contributed by atoms with E-state index in [2.05, 4.69) is 37.1 Å². The SMILES string of the molecule is O=C(Nc1ccc(C(F)(F)F)cn1)C1NNC2CCC(c3cncc(CN4CCCCC4)c3)CC21. The van der Waals surface area contributed by atoms with Crippen molar-refractivity contribution in [2.75, 3.05) is 18.4 Å². The second-order valence-electron chi connectivity index (χ2n) is 9.93. The number of rotatable bonds is 5. The van der Waals surface area contributed by atoms with E-state index in [9.17, 15) is 18.0 Å². The van der Waals surface area contributed by atoms with Crippen LogP contribution >= 0.6 is 0 Å². The zero-order chi connectivity index (χ0) is 24.4. The number of piperidine rings is 1. The van der Waals surface area contributed by atoms with Gasteiger partial charge in [-0.15, -0.1) is 0 Å². The van der Waals surface area contributed by atoms with Crippen LogP contribution in [0.1, 0.15) is 61.1 Å². The largest absolute Gasteiger partial charge is 0.417 e. The van der Waals surface area contributed by atoms with Crippen molar-refractivity contribution >= 4 is 11.7 Å². The summed E-state index contributed by atoms with van der Waals surface area (Å²) in [6.45, 7) is 3.20. The topological polar surface area (TPSA) is 82.2 Å². The van der Waals surface area contributed by atoms with Crippen molar-refractivity contribution in [2.45, 2.75) is 69.2 Å². The maximum Gasteiger partial charge on any atom is 0.417 e. The molecule has 1 saturated carbocycles. The Kier molecular flexibility index (Phi) is 7.04. The minimum absolute atomic E-state index is 0.0638. The third kappa shape index (κ3) is 5.65. The molecule has 0 spiro atoms. The second-order valence-corrected chi connectivity index (χ2v) is 9.93. The number of amides is 1. The number of pyridine rings is 2. The Morgan fingerprint density at radius 2 is 1.91 bits per heavy atom. The summed E-state index contributed by atoms with van der Waals surface area (Å²) in [6, 6.07) is 4.06. The Bertz CT molecular complexity index is 1020. The molecule has 2 aromatic heterocycles. The summed E-state index contributed by atoms with van der Waals surface area (Å²) in [5, 5.41) is 2.67. The zero-order valence-corrected chi connectivity index (χ0v) is 19.5. The molecule has 0 aromatic carbocycles. The van der Waals surface area contributed by atoms with Crippen LogP contribution < -0.4 is 16.2 Å². The number of hydrogen-bond donors (Lipinski definition) is 3. The fourth-order valence-electron chi connectivity index (χ4n) is 5.65. The molecule has 35 heavy (non-hydrogen) atoms. The van der Waals surface area contributed by atoms with Crippen LogP contribution in [0.3, 0.4) is 0 Å². The molecule has 2 saturated heterocycles. The second kappa shape index (κ2) is 10.2. The Balaban J connectivity index is 1.23. The molecule has 5 rings (SSSR count). The van der Waals surface area contributed by atoms with Gasteiger partial charge in [-0.25, -0.2) is 10.4 Å². The minimum atomic E-state index is -4.46. The number of nitrogens with one attached hydrogen (secondary N) is 3. The van der Waals surface area contributed by atoms with Gasteiger partial charge < -0.3 is 5.32 Å². The molecule has 3 N–H and O–H groups in total. The third-order valence-corrected chi connectivity index (χ3v) is 7.52. The van der Waals surface area contributed by atoms with Gasteiger partial charge >= 0.3 is 6.18 Å². The molecule has 4 heterocycles. The van der Waals surface area contributed by atoms with Crippen LogP contribution in [-0.2, 0) is 17.5 Å². The van der Waals surface area contributed by atoms with Gasteiger partial charge in [0.2, 0.25) is 5.91 Å². The van der Waals surface area contributed by atoms with Crippen LogP contribution in [0.2, 0.25) is 0 Å². The number of hydrazine groups is 1. The van der Waals surface area contributed by atoms with Crippen molar-refractivity contribution in [3.05, 3.63) is 53.5 Å². The standard InChI is InChI=1S/C25H31F3N6O/c26-25(27,28)19-5-7-22(30-14-19)31-24(35)23-20-11-17(4-6-21(20)32-33-23)18-10-16(12-29-13-18)15-34-8-2-1-3-9-34/h5,7,10,12-14,17,20-21,23,32-33H,1-4,6,8-9,11,15H2,(H,30,31,35). The van der Waals surface area contributed by atoms with Crippen LogP contribution in [0.4, 0.5) is 19.0 Å². The quantitative estimate of drug-likeness (QED) is 0.593. The van der Waals surface area contributed by atoms with Crippen molar-refractivity contribution in [1.29, 1.82) is 0 Å². The number of hydrogen-bond acceptors (Lipinski definition) is 6. The van der Waals surface area contributed by atoms with E-state index < -0.39 is 17.8 Å². The summed E-state index contributed by atoms with van der Waals surface area (Å²) in [6.07, 6.45) is 6.77. The molecule has 4 atom stereocenters. The van der Waals surface area contributed by atoms with E-state index in [0.717, 1.165) is 51.2 Å². The molecule has 0 radical (unpaired) electrons. The highest BCUT2D eigenvalue weighted by molar-refractivity contribution is 5.94. The molecule has 10 heteroatoms. The Hall–Kier alpha value is -2.56. The number of halogens is 3. The van der Waals surface area contributed by atoms with Crippen molar-refractivity contribution in [2.24, 2.45) is 5.92 Å². The van der Waals surface area contributed by atoms with Gasteiger partial charge in [0.25, 0.3) is 0 Å². The van der Waals surface area contributed by atoms with Gasteiger partial charge in [0.05, 0.1) is 5.56 Å². The summed E-state index contributed by atoms with van der Waals surface area (Å²) in [4.78, 5) is 23.8. The van der Waals surface area contributed by atoms with E-state index in [1.807, 2.05) is 12.4 Å². The van der Waals surface area contributed by atoms with Gasteiger partial charge in [-0.05, 0) is 74.4 Å². The lowest BCUT2D eigenvalue weighted by atomic mass is 9.73. The minimum Gasteiger partial charge on any atom is -0.309 e. The van der Waals surface area contributed by atoms with Crippen LogP contribution in [0, 0.1) is 5.92 Å². The fourth-order valence-corrected chi connectivity index (χ4v) is 5.65. The van der Waals surface area contributed by atoms with Crippen LogP contribution in [0.5, 0.6) is 0 Å². The van der Waals surface area contributed by atoms with E-state index in [-0.39, 0.29) is 23.7 Å². The molecule has 4 unspecified atom stereocenters. The zero-order valence-electron chi connectivity index (χ0n) is 19.5. The lowest BCUT2D eigenvalue weighted by Crippen LogP contribution is -2.42. The average molecular weight is 489 g/mol. The molecule has 1 aliphatic carbocycles. The van der Waals surface area contributed by atoms with Gasteiger partial charge in [-0.2, -0.15) is 13.2 Å². The predicted octanol–water partition coefficient (Wildman–Crippen LogP) is 3.85. The Labute approximate surface area is 202 Å². The lowest BCUT2D eigenvalue weighted by molar-refractivity contribution is -0.137. The molecule has 3 aliphatic rings. The number of carbonyl (C=O) groups excluding carboxylic acids is 1. The number of aromatic nitrogens is 2. The molecule has 7 nitrogen and oxygen atoms in total. The van der Waals surface area contributed by atoms with E-state index in [1.54, 1.807) is 0 Å². The van der Waals surface area contributed by atoms with Crippen molar-refractivity contribution in [1.82, 2.24) is 25.7 Å². The van der Waals surface area contributed by atoms with E-state index in [4.69, 9.17) is 0 Å². The first-order valence-electron chi connectivity index (χ1n) is 12.4. The van der Waals surface area contributed by atoms with Crippen molar-refractivity contribution in [3.63, 3.8) is 0 Å². The average Bonchev–Trinajstić information content (AvgIpc) is 3.28. The first-order valence-corrected chi connectivity index (χ1v) is 12.4. The lowest BCUT2D eigenvalue weighted by Gasteiger charge is -2.33. The van der Waals surface area contributed by atoms with Crippen molar-refractivity contribution in [3.8, 4) is 0 Å². The summed E-state index contributed by atoms with van der Waals surface area (Å²) >= 11 is 0. The highest BCUT2D eigenvalue weighted by Crippen LogP contribution is 2.40. The van der Waals surface area contributed by atoms with Crippen LogP contribution in [0.25, 0.3) is 0 Å². The number of alkyl halides is 3. The highest BCUT2D eigenvalue weighted by atomic mass is 19.4. The van der Waals surface area contributed by atoms with Crippen LogP contribution in [0.15, 0.2) is 36.8 Å². The number of likely N-dealkylation sites (tertiary alicyclic amines) is 1. The van der Waals surface area contributed by atoms with Gasteiger partial charge in [-0.3, -0.25) is 20.1 Å². The van der Waals surface area contributed by atoms with Crippen molar-refractivity contribution < 1.29 is 18.0 Å². The summed E-state index contributed by atoms with van der Waals surface area (Å²) in [7, 11) is 0. The molecule has 188 valence electrons. The maximum atomic E-state index is 13.0. The third-order valence-electron chi connectivity index (χ3n) is 7.52. The van der Waals surface area contributed by atoms with E-state index in [0.29, 0.717) is 5.92 Å². The Morgan fingerprint density at radius 3 is 2.66 bits per heavy atom.